The van der Waals surface area contributed by atoms with Crippen molar-refractivity contribution in [2.24, 2.45) is 0 Å². The Hall–Kier alpha value is -3.13. The second kappa shape index (κ2) is 12.2. The van der Waals surface area contributed by atoms with E-state index >= 15 is 0 Å². The van der Waals surface area contributed by atoms with Crippen molar-refractivity contribution in [2.45, 2.75) is 112 Å². The molecule has 0 saturated carbocycles. The van der Waals surface area contributed by atoms with Crippen LogP contribution in [0.15, 0.2) is 60.4 Å². The van der Waals surface area contributed by atoms with Crippen LogP contribution in [0.2, 0.25) is 0 Å². The van der Waals surface area contributed by atoms with Crippen LogP contribution < -0.4 is 4.90 Å². The maximum absolute atomic E-state index is 2.45. The SMILES string of the molecule is CCc1cc2c(c(CC)c1C)C(C)(C)C(C=CC=CC=CC=C1N(C)c3cc(CC)c(CC)c(CC)c3C1(C)C)=[N+]2C. The van der Waals surface area contributed by atoms with E-state index in [4.69, 9.17) is 0 Å². The summed E-state index contributed by atoms with van der Waals surface area (Å²) in [6, 6.07) is 4.88. The van der Waals surface area contributed by atoms with Crippen molar-refractivity contribution in [1.82, 2.24) is 0 Å². The molecule has 0 radical (unpaired) electrons. The van der Waals surface area contributed by atoms with Crippen LogP contribution in [-0.4, -0.2) is 24.4 Å². The molecular weight excluding hydrogens is 508 g/mol. The molecule has 0 atom stereocenters. The molecule has 2 heterocycles. The van der Waals surface area contributed by atoms with E-state index in [0.29, 0.717) is 0 Å². The lowest BCUT2D eigenvalue weighted by Crippen LogP contribution is -2.27. The first kappa shape index (κ1) is 31.8. The number of fused-ring (bicyclic) bond motifs is 2. The molecule has 2 aromatic carbocycles. The Balaban J connectivity index is 1.57. The van der Waals surface area contributed by atoms with Gasteiger partial charge in [0.2, 0.25) is 5.69 Å². The molecule has 2 aliphatic rings. The molecule has 2 aromatic rings. The van der Waals surface area contributed by atoms with Crippen molar-refractivity contribution in [2.75, 3.05) is 19.0 Å². The summed E-state index contributed by atoms with van der Waals surface area (Å²) in [5.41, 5.74) is 17.6. The van der Waals surface area contributed by atoms with Crippen LogP contribution in [-0.2, 0) is 42.9 Å². The maximum atomic E-state index is 2.45. The zero-order chi connectivity index (χ0) is 31.0. The van der Waals surface area contributed by atoms with Crippen LogP contribution in [0, 0.1) is 6.92 Å². The highest BCUT2D eigenvalue weighted by Crippen LogP contribution is 2.50. The number of allylic oxidation sites excluding steroid dienone is 8. The van der Waals surface area contributed by atoms with E-state index in [-0.39, 0.29) is 10.8 Å². The lowest BCUT2D eigenvalue weighted by atomic mass is 9.76. The van der Waals surface area contributed by atoms with Gasteiger partial charge in [0, 0.05) is 41.6 Å². The number of rotatable bonds is 9. The number of hydrogen-bond donors (Lipinski definition) is 0. The van der Waals surface area contributed by atoms with E-state index in [2.05, 4.69) is 147 Å². The summed E-state index contributed by atoms with van der Waals surface area (Å²) in [5.74, 6) is 0. The van der Waals surface area contributed by atoms with Crippen LogP contribution >= 0.6 is 0 Å². The average Bonchev–Trinajstić information content (AvgIpc) is 3.27. The standard InChI is InChI=1S/C40H55N2/c1-13-28-25-33-37(30(15-3)27(28)6)39(7,8)35(41(33)11)23-21-19-18-20-22-24-36-40(9,10)38-32(17-5)31(16-4)29(14-2)26-34(38)42(36)12/h18-26H,13-17H2,1-12H3/q+1. The molecule has 42 heavy (non-hydrogen) atoms. The largest absolute Gasteiger partial charge is 0.347 e. The molecule has 0 aromatic heterocycles. The molecule has 4 rings (SSSR count). The third kappa shape index (κ3) is 5.06. The fourth-order valence-electron chi connectivity index (χ4n) is 8.06. The van der Waals surface area contributed by atoms with Crippen LogP contribution in [0.5, 0.6) is 0 Å². The first-order valence-electron chi connectivity index (χ1n) is 16.3. The molecule has 0 spiro atoms. The highest BCUT2D eigenvalue weighted by Gasteiger charge is 2.45. The van der Waals surface area contributed by atoms with Crippen molar-refractivity contribution >= 4 is 17.1 Å². The lowest BCUT2D eigenvalue weighted by Gasteiger charge is -2.26. The Bertz CT molecular complexity index is 1520. The number of likely N-dealkylation sites (N-methyl/N-ethyl adjacent to an activating group) is 1. The number of hydrogen-bond acceptors (Lipinski definition) is 1. The van der Waals surface area contributed by atoms with Crippen molar-refractivity contribution in [3.05, 3.63) is 105 Å². The fourth-order valence-corrected chi connectivity index (χ4v) is 8.06. The van der Waals surface area contributed by atoms with Gasteiger partial charge in [-0.05, 0) is 104 Å². The molecule has 2 nitrogen and oxygen atoms in total. The molecule has 0 saturated heterocycles. The van der Waals surface area contributed by atoms with Gasteiger partial charge in [0.25, 0.3) is 0 Å². The number of aryl methyl sites for hydroxylation is 2. The van der Waals surface area contributed by atoms with Gasteiger partial charge in [0.1, 0.15) is 7.05 Å². The first-order valence-corrected chi connectivity index (χ1v) is 16.3. The van der Waals surface area contributed by atoms with E-state index in [1.807, 2.05) is 0 Å². The highest BCUT2D eigenvalue weighted by atomic mass is 15.2. The zero-order valence-corrected chi connectivity index (χ0v) is 28.6. The lowest BCUT2D eigenvalue weighted by molar-refractivity contribution is -0.401. The van der Waals surface area contributed by atoms with E-state index < -0.39 is 0 Å². The van der Waals surface area contributed by atoms with Gasteiger partial charge in [-0.15, -0.1) is 0 Å². The predicted octanol–water partition coefficient (Wildman–Crippen LogP) is 9.79. The van der Waals surface area contributed by atoms with Gasteiger partial charge in [-0.1, -0.05) is 78.8 Å². The molecular formula is C40H55N2+. The fraction of sp³-hybridized carbons (Fsp3) is 0.475. The third-order valence-corrected chi connectivity index (χ3v) is 10.2. The van der Waals surface area contributed by atoms with E-state index in [0.717, 1.165) is 32.1 Å². The molecule has 2 aliphatic heterocycles. The normalized spacial score (nSPS) is 18.5. The summed E-state index contributed by atoms with van der Waals surface area (Å²) in [6.45, 7) is 23.3. The minimum Gasteiger partial charge on any atom is -0.347 e. The van der Waals surface area contributed by atoms with Crippen LogP contribution in [0.3, 0.4) is 0 Å². The van der Waals surface area contributed by atoms with Gasteiger partial charge >= 0.3 is 0 Å². The molecule has 0 bridgehead atoms. The third-order valence-electron chi connectivity index (χ3n) is 10.2. The van der Waals surface area contributed by atoms with Crippen molar-refractivity contribution in [1.29, 1.82) is 0 Å². The van der Waals surface area contributed by atoms with E-state index in [9.17, 15) is 0 Å². The molecule has 0 fully saturated rings. The second-order valence-electron chi connectivity index (χ2n) is 13.1. The number of anilines is 1. The molecule has 224 valence electrons. The summed E-state index contributed by atoms with van der Waals surface area (Å²) in [5, 5.41) is 0. The predicted molar refractivity (Wildman–Crippen MR) is 185 cm³/mol. The maximum Gasteiger partial charge on any atom is 0.210 e. The molecule has 0 amide bonds. The van der Waals surface area contributed by atoms with Crippen LogP contribution in [0.25, 0.3) is 0 Å². The van der Waals surface area contributed by atoms with Gasteiger partial charge < -0.3 is 4.90 Å². The van der Waals surface area contributed by atoms with E-state index in [1.165, 1.54) is 56.2 Å². The first-order chi connectivity index (χ1) is 19.9. The Kier molecular flexibility index (Phi) is 9.26. The summed E-state index contributed by atoms with van der Waals surface area (Å²) >= 11 is 0. The van der Waals surface area contributed by atoms with Crippen LogP contribution in [0.4, 0.5) is 11.4 Å². The minimum absolute atomic E-state index is 0.0165. The van der Waals surface area contributed by atoms with Gasteiger partial charge in [0.05, 0.1) is 5.41 Å². The summed E-state index contributed by atoms with van der Waals surface area (Å²) in [4.78, 5) is 2.42. The van der Waals surface area contributed by atoms with Gasteiger partial charge in [0.15, 0.2) is 5.71 Å². The van der Waals surface area contributed by atoms with Crippen molar-refractivity contribution in [3.8, 4) is 0 Å². The Morgan fingerprint density at radius 1 is 0.690 bits per heavy atom. The molecule has 2 heteroatoms. The molecule has 0 unspecified atom stereocenters. The van der Waals surface area contributed by atoms with E-state index in [1.54, 1.807) is 11.1 Å². The number of benzene rings is 2. The van der Waals surface area contributed by atoms with Crippen molar-refractivity contribution in [3.63, 3.8) is 0 Å². The summed E-state index contributed by atoms with van der Waals surface area (Å²) in [6.07, 6.45) is 20.9. The Labute approximate surface area is 257 Å². The summed E-state index contributed by atoms with van der Waals surface area (Å²) < 4.78 is 2.41. The minimum atomic E-state index is -0.0167. The smallest absolute Gasteiger partial charge is 0.210 e. The highest BCUT2D eigenvalue weighted by molar-refractivity contribution is 6.03. The van der Waals surface area contributed by atoms with Crippen LogP contribution in [0.1, 0.15) is 107 Å². The van der Waals surface area contributed by atoms with Gasteiger partial charge in [-0.2, -0.15) is 4.58 Å². The average molecular weight is 564 g/mol. The zero-order valence-electron chi connectivity index (χ0n) is 28.6. The molecule has 0 aliphatic carbocycles. The quantitative estimate of drug-likeness (QED) is 0.217. The monoisotopic (exact) mass is 563 g/mol. The van der Waals surface area contributed by atoms with Gasteiger partial charge in [-0.25, -0.2) is 0 Å². The van der Waals surface area contributed by atoms with Gasteiger partial charge in [-0.3, -0.25) is 0 Å². The Morgan fingerprint density at radius 2 is 1.29 bits per heavy atom. The number of nitrogens with zero attached hydrogens (tertiary/aromatic N) is 2. The second-order valence-corrected chi connectivity index (χ2v) is 13.1. The Morgan fingerprint density at radius 3 is 1.88 bits per heavy atom. The van der Waals surface area contributed by atoms with Crippen molar-refractivity contribution < 1.29 is 4.58 Å². The topological polar surface area (TPSA) is 6.25 Å². The molecule has 0 N–H and O–H groups in total. The summed E-state index contributed by atoms with van der Waals surface area (Å²) in [7, 11) is 4.46.